The zero-order valence-electron chi connectivity index (χ0n) is 8.58. The van der Waals surface area contributed by atoms with Crippen molar-refractivity contribution in [1.82, 2.24) is 5.32 Å². The minimum atomic E-state index is -0.154. The van der Waals surface area contributed by atoms with E-state index in [1.54, 1.807) is 0 Å². The molecule has 3 N–H and O–H groups in total. The summed E-state index contributed by atoms with van der Waals surface area (Å²) < 4.78 is 0. The Morgan fingerprint density at radius 1 is 1.64 bits per heavy atom. The minimum absolute atomic E-state index is 0.143. The van der Waals surface area contributed by atoms with Gasteiger partial charge in [0.2, 0.25) is 5.91 Å². The maximum atomic E-state index is 11.6. The first-order valence-electron chi connectivity index (χ1n) is 5.29. The smallest absolute Gasteiger partial charge is 0.222 e. The van der Waals surface area contributed by atoms with Crippen LogP contribution in [0.5, 0.6) is 0 Å². The molecule has 0 aromatic heterocycles. The standard InChI is InChI=1S/C10H18N2OS/c1-7-8(2-5-14-7)12-9(13)6-10(11)3-4-10/h7-8H,2-6,11H2,1H3,(H,12,13). The van der Waals surface area contributed by atoms with E-state index in [2.05, 4.69) is 12.2 Å². The summed E-state index contributed by atoms with van der Waals surface area (Å²) in [4.78, 5) is 11.6. The molecule has 2 rings (SSSR count). The highest BCUT2D eigenvalue weighted by molar-refractivity contribution is 8.00. The van der Waals surface area contributed by atoms with Crippen molar-refractivity contribution in [2.24, 2.45) is 5.73 Å². The van der Waals surface area contributed by atoms with Gasteiger partial charge in [0, 0.05) is 23.3 Å². The van der Waals surface area contributed by atoms with Gasteiger partial charge in [0.15, 0.2) is 0 Å². The fourth-order valence-electron chi connectivity index (χ4n) is 1.84. The fraction of sp³-hybridized carbons (Fsp3) is 0.900. The zero-order chi connectivity index (χ0) is 10.2. The third-order valence-electron chi connectivity index (χ3n) is 3.13. The van der Waals surface area contributed by atoms with Crippen molar-refractivity contribution in [2.45, 2.75) is 49.4 Å². The van der Waals surface area contributed by atoms with Crippen LogP contribution in [-0.4, -0.2) is 28.5 Å². The van der Waals surface area contributed by atoms with E-state index in [1.807, 2.05) is 11.8 Å². The van der Waals surface area contributed by atoms with Crippen LogP contribution in [0, 0.1) is 0 Å². The van der Waals surface area contributed by atoms with Gasteiger partial charge in [-0.25, -0.2) is 0 Å². The molecule has 1 aliphatic heterocycles. The molecule has 2 fully saturated rings. The molecule has 1 aliphatic carbocycles. The SMILES string of the molecule is CC1SCCC1NC(=O)CC1(N)CC1. The van der Waals surface area contributed by atoms with Crippen LogP contribution in [0.2, 0.25) is 0 Å². The quantitative estimate of drug-likeness (QED) is 0.733. The molecule has 14 heavy (non-hydrogen) atoms. The Balaban J connectivity index is 1.76. The first-order chi connectivity index (χ1) is 6.59. The van der Waals surface area contributed by atoms with E-state index in [9.17, 15) is 4.79 Å². The lowest BCUT2D eigenvalue weighted by atomic mass is 10.1. The average Bonchev–Trinajstić information content (AvgIpc) is 2.67. The lowest BCUT2D eigenvalue weighted by Gasteiger charge is -2.17. The van der Waals surface area contributed by atoms with Gasteiger partial charge in [-0.05, 0) is 25.0 Å². The lowest BCUT2D eigenvalue weighted by Crippen LogP contribution is -2.41. The third kappa shape index (κ3) is 2.42. The van der Waals surface area contributed by atoms with Crippen LogP contribution in [-0.2, 0) is 4.79 Å². The molecule has 80 valence electrons. The molecule has 2 unspecified atom stereocenters. The molecule has 1 saturated carbocycles. The highest BCUT2D eigenvalue weighted by atomic mass is 32.2. The van der Waals surface area contributed by atoms with Crippen LogP contribution < -0.4 is 11.1 Å². The number of hydrogen-bond donors (Lipinski definition) is 2. The van der Waals surface area contributed by atoms with E-state index in [1.165, 1.54) is 5.75 Å². The molecule has 0 radical (unpaired) electrons. The van der Waals surface area contributed by atoms with Gasteiger partial charge in [-0.15, -0.1) is 0 Å². The summed E-state index contributed by atoms with van der Waals surface area (Å²) >= 11 is 1.93. The van der Waals surface area contributed by atoms with Crippen LogP contribution in [0.3, 0.4) is 0 Å². The topological polar surface area (TPSA) is 55.1 Å². The van der Waals surface area contributed by atoms with E-state index >= 15 is 0 Å². The van der Waals surface area contributed by atoms with Gasteiger partial charge in [0.05, 0.1) is 0 Å². The second-order valence-corrected chi connectivity index (χ2v) is 6.06. The number of hydrogen-bond acceptors (Lipinski definition) is 3. The van der Waals surface area contributed by atoms with Crippen molar-refractivity contribution in [3.8, 4) is 0 Å². The van der Waals surface area contributed by atoms with Gasteiger partial charge < -0.3 is 11.1 Å². The van der Waals surface area contributed by atoms with E-state index in [4.69, 9.17) is 5.73 Å². The minimum Gasteiger partial charge on any atom is -0.352 e. The second kappa shape index (κ2) is 3.74. The predicted molar refractivity (Wildman–Crippen MR) is 59.2 cm³/mol. The number of rotatable bonds is 3. The van der Waals surface area contributed by atoms with Gasteiger partial charge in [-0.1, -0.05) is 6.92 Å². The third-order valence-corrected chi connectivity index (χ3v) is 4.45. The van der Waals surface area contributed by atoms with E-state index in [0.29, 0.717) is 17.7 Å². The zero-order valence-corrected chi connectivity index (χ0v) is 9.40. The maximum Gasteiger partial charge on any atom is 0.222 e. The molecule has 0 bridgehead atoms. The largest absolute Gasteiger partial charge is 0.352 e. The molecule has 2 atom stereocenters. The summed E-state index contributed by atoms with van der Waals surface area (Å²) in [6.45, 7) is 2.18. The Morgan fingerprint density at radius 2 is 2.36 bits per heavy atom. The molecular weight excluding hydrogens is 196 g/mol. The molecule has 3 nitrogen and oxygen atoms in total. The van der Waals surface area contributed by atoms with Crippen molar-refractivity contribution in [2.75, 3.05) is 5.75 Å². The van der Waals surface area contributed by atoms with Crippen LogP contribution in [0.25, 0.3) is 0 Å². The van der Waals surface area contributed by atoms with Crippen LogP contribution in [0.15, 0.2) is 0 Å². The van der Waals surface area contributed by atoms with Crippen LogP contribution >= 0.6 is 11.8 Å². The molecular formula is C10H18N2OS. The van der Waals surface area contributed by atoms with Gasteiger partial charge in [0.25, 0.3) is 0 Å². The molecule has 1 amide bonds. The highest BCUT2D eigenvalue weighted by Gasteiger charge is 2.40. The van der Waals surface area contributed by atoms with Crippen molar-refractivity contribution >= 4 is 17.7 Å². The fourth-order valence-corrected chi connectivity index (χ4v) is 3.03. The Hall–Kier alpha value is -0.220. The van der Waals surface area contributed by atoms with E-state index in [-0.39, 0.29) is 11.4 Å². The Labute approximate surface area is 89.2 Å². The average molecular weight is 214 g/mol. The second-order valence-electron chi connectivity index (χ2n) is 4.58. The van der Waals surface area contributed by atoms with Crippen LogP contribution in [0.4, 0.5) is 0 Å². The van der Waals surface area contributed by atoms with Crippen molar-refractivity contribution in [3.63, 3.8) is 0 Å². The van der Waals surface area contributed by atoms with Gasteiger partial charge in [0.1, 0.15) is 0 Å². The molecule has 0 aromatic rings. The van der Waals surface area contributed by atoms with E-state index in [0.717, 1.165) is 19.3 Å². The van der Waals surface area contributed by atoms with Gasteiger partial charge in [-0.3, -0.25) is 4.79 Å². The number of amides is 1. The summed E-state index contributed by atoms with van der Waals surface area (Å²) in [5.74, 6) is 1.31. The van der Waals surface area contributed by atoms with Crippen LogP contribution in [0.1, 0.15) is 32.6 Å². The van der Waals surface area contributed by atoms with Crippen molar-refractivity contribution < 1.29 is 4.79 Å². The lowest BCUT2D eigenvalue weighted by molar-refractivity contribution is -0.122. The monoisotopic (exact) mass is 214 g/mol. The number of carbonyl (C=O) groups excluding carboxylic acids is 1. The maximum absolute atomic E-state index is 11.6. The molecule has 2 aliphatic rings. The normalized spacial score (nSPS) is 34.1. The Bertz CT molecular complexity index is 240. The van der Waals surface area contributed by atoms with Gasteiger partial charge in [-0.2, -0.15) is 11.8 Å². The molecule has 0 aromatic carbocycles. The van der Waals surface area contributed by atoms with Gasteiger partial charge >= 0.3 is 0 Å². The van der Waals surface area contributed by atoms with E-state index < -0.39 is 0 Å². The summed E-state index contributed by atoms with van der Waals surface area (Å²) in [7, 11) is 0. The highest BCUT2D eigenvalue weighted by Crippen LogP contribution is 2.35. The number of nitrogens with two attached hydrogens (primary N) is 1. The first kappa shape index (κ1) is 10.3. The number of carbonyl (C=O) groups is 1. The summed E-state index contributed by atoms with van der Waals surface area (Å²) in [5.41, 5.74) is 5.74. The first-order valence-corrected chi connectivity index (χ1v) is 6.34. The summed E-state index contributed by atoms with van der Waals surface area (Å²) in [6, 6.07) is 0.370. The molecule has 1 saturated heterocycles. The van der Waals surface area contributed by atoms with Crippen molar-refractivity contribution in [3.05, 3.63) is 0 Å². The predicted octanol–water partition coefficient (Wildman–Crippen LogP) is 0.878. The summed E-state index contributed by atoms with van der Waals surface area (Å²) in [6.07, 6.45) is 3.64. The number of thioether (sulfide) groups is 1. The number of nitrogens with one attached hydrogen (secondary N) is 1. The Morgan fingerprint density at radius 3 is 2.86 bits per heavy atom. The Kier molecular flexibility index (Phi) is 2.75. The molecule has 4 heteroatoms. The molecule has 1 heterocycles. The van der Waals surface area contributed by atoms with Crippen molar-refractivity contribution in [1.29, 1.82) is 0 Å². The molecule has 0 spiro atoms. The summed E-state index contributed by atoms with van der Waals surface area (Å²) in [5, 5.41) is 3.65.